The van der Waals surface area contributed by atoms with Crippen molar-refractivity contribution in [3.63, 3.8) is 0 Å². The topological polar surface area (TPSA) is 86.2 Å². The molecule has 29 heavy (non-hydrogen) atoms. The predicted octanol–water partition coefficient (Wildman–Crippen LogP) is 4.50. The molecule has 1 saturated heterocycles. The number of imide groups is 1. The monoisotopic (exact) mass is 411 g/mol. The highest BCUT2D eigenvalue weighted by Crippen LogP contribution is 2.47. The van der Waals surface area contributed by atoms with Crippen LogP contribution >= 0.6 is 0 Å². The summed E-state index contributed by atoms with van der Waals surface area (Å²) in [6.45, 7) is 14.0. The zero-order valence-corrected chi connectivity index (χ0v) is 19.2. The largest absolute Gasteiger partial charge is 0.413 e. The molecule has 1 aliphatic heterocycles. The zero-order valence-electron chi connectivity index (χ0n) is 18.2. The second-order valence-corrected chi connectivity index (χ2v) is 14.1. The number of para-hydroxylation sites is 1. The highest BCUT2D eigenvalue weighted by atomic mass is 28.4. The highest BCUT2D eigenvalue weighted by molar-refractivity contribution is 6.74. The quantitative estimate of drug-likeness (QED) is 0.593. The van der Waals surface area contributed by atoms with E-state index in [0.29, 0.717) is 11.3 Å². The second-order valence-electron chi connectivity index (χ2n) is 9.35. The third-order valence-corrected chi connectivity index (χ3v) is 11.0. The molecule has 0 spiro atoms. The van der Waals surface area contributed by atoms with E-state index >= 15 is 0 Å². The van der Waals surface area contributed by atoms with Gasteiger partial charge in [-0.2, -0.15) is 5.26 Å². The first-order valence-corrected chi connectivity index (χ1v) is 12.8. The van der Waals surface area contributed by atoms with Gasteiger partial charge in [-0.1, -0.05) is 39.0 Å². The van der Waals surface area contributed by atoms with E-state index in [-0.39, 0.29) is 23.0 Å². The van der Waals surface area contributed by atoms with Crippen LogP contribution in [0.25, 0.3) is 10.9 Å². The Morgan fingerprint density at radius 1 is 1.31 bits per heavy atom. The van der Waals surface area contributed by atoms with E-state index in [4.69, 9.17) is 4.43 Å². The molecule has 3 rings (SSSR count). The van der Waals surface area contributed by atoms with Gasteiger partial charge in [0.15, 0.2) is 8.32 Å². The number of H-pyrrole nitrogens is 1. The molecular weight excluding hydrogens is 382 g/mol. The Morgan fingerprint density at radius 2 is 1.93 bits per heavy atom. The van der Waals surface area contributed by atoms with Crippen molar-refractivity contribution in [1.82, 2.24) is 9.88 Å². The molecular formula is C22H29N3O3Si. The van der Waals surface area contributed by atoms with Gasteiger partial charge in [0.2, 0.25) is 11.8 Å². The standard InChI is InChI=1S/C22H29N3O3Si/c1-13(28-29(6,7)22(3,4)5)18-20(25(14(2)26)21(18)27)19-16(12-23)15-10-8-9-11-17(15)24-19/h8-11,13,18,20,24H,1-7H3/t13-,18-,20?/m1/s1. The number of rotatable bonds is 4. The number of aromatic nitrogens is 1. The van der Waals surface area contributed by atoms with Gasteiger partial charge in [-0.3, -0.25) is 14.5 Å². The average molecular weight is 412 g/mol. The SMILES string of the molecule is CC(=O)N1C(=O)[C@H]([C@@H](C)O[Si](C)(C)C(C)(C)C)C1c1[nH]c2ccccc2c1C#N. The number of aromatic amines is 1. The number of fused-ring (bicyclic) bond motifs is 1. The van der Waals surface area contributed by atoms with Gasteiger partial charge in [-0.15, -0.1) is 0 Å². The van der Waals surface area contributed by atoms with Crippen molar-refractivity contribution in [3.05, 3.63) is 35.5 Å². The molecule has 1 fully saturated rings. The van der Waals surface area contributed by atoms with Crippen LogP contribution < -0.4 is 0 Å². The van der Waals surface area contributed by atoms with Crippen molar-refractivity contribution >= 4 is 31.0 Å². The van der Waals surface area contributed by atoms with Crippen LogP contribution in [0.3, 0.4) is 0 Å². The Kier molecular flexibility index (Phi) is 5.22. The molecule has 0 bridgehead atoms. The molecule has 154 valence electrons. The first kappa shape index (κ1) is 21.3. The summed E-state index contributed by atoms with van der Waals surface area (Å²) < 4.78 is 6.49. The Bertz CT molecular complexity index is 1010. The maximum atomic E-state index is 12.9. The number of benzene rings is 1. The van der Waals surface area contributed by atoms with E-state index < -0.39 is 20.3 Å². The van der Waals surface area contributed by atoms with Crippen LogP contribution in [0.5, 0.6) is 0 Å². The van der Waals surface area contributed by atoms with Crippen molar-refractivity contribution in [3.8, 4) is 6.07 Å². The van der Waals surface area contributed by atoms with Gasteiger partial charge < -0.3 is 9.41 Å². The number of nitrogens with zero attached hydrogens (tertiary/aromatic N) is 2. The van der Waals surface area contributed by atoms with E-state index in [0.717, 1.165) is 10.9 Å². The minimum Gasteiger partial charge on any atom is -0.413 e. The summed E-state index contributed by atoms with van der Waals surface area (Å²) in [5.41, 5.74) is 1.91. The van der Waals surface area contributed by atoms with Crippen molar-refractivity contribution in [2.75, 3.05) is 0 Å². The van der Waals surface area contributed by atoms with Crippen molar-refractivity contribution < 1.29 is 14.0 Å². The van der Waals surface area contributed by atoms with Crippen molar-refractivity contribution in [2.45, 2.75) is 64.9 Å². The number of amides is 2. The Balaban J connectivity index is 2.04. The summed E-state index contributed by atoms with van der Waals surface area (Å²) in [5, 5.41) is 10.6. The van der Waals surface area contributed by atoms with Crippen LogP contribution in [0.2, 0.25) is 18.1 Å². The van der Waals surface area contributed by atoms with E-state index in [2.05, 4.69) is 44.9 Å². The number of hydrogen-bond acceptors (Lipinski definition) is 4. The van der Waals surface area contributed by atoms with Crippen LogP contribution in [0.15, 0.2) is 24.3 Å². The molecule has 1 unspecified atom stereocenters. The Hall–Kier alpha value is -2.43. The molecule has 1 aromatic heterocycles. The van der Waals surface area contributed by atoms with Crippen LogP contribution in [-0.2, 0) is 14.0 Å². The van der Waals surface area contributed by atoms with Crippen LogP contribution in [0.1, 0.15) is 51.9 Å². The summed E-state index contributed by atoms with van der Waals surface area (Å²) in [6, 6.07) is 9.26. The lowest BCUT2D eigenvalue weighted by molar-refractivity contribution is -0.171. The maximum absolute atomic E-state index is 12.9. The molecule has 0 aliphatic carbocycles. The molecule has 1 N–H and O–H groups in total. The number of nitriles is 1. The summed E-state index contributed by atoms with van der Waals surface area (Å²) in [5.74, 6) is -1.07. The minimum atomic E-state index is -2.11. The number of carbonyl (C=O) groups excluding carboxylic acids is 2. The second kappa shape index (κ2) is 7.12. The number of nitrogens with one attached hydrogen (secondary N) is 1. The molecule has 2 heterocycles. The fraction of sp³-hybridized carbons (Fsp3) is 0.500. The number of β-lactam (4-membered cyclic amide) rings is 1. The van der Waals surface area contributed by atoms with Gasteiger partial charge >= 0.3 is 0 Å². The van der Waals surface area contributed by atoms with Gasteiger partial charge in [0.1, 0.15) is 6.07 Å². The third-order valence-electron chi connectivity index (χ3n) is 6.42. The third kappa shape index (κ3) is 3.41. The van der Waals surface area contributed by atoms with Gasteiger partial charge in [0.05, 0.1) is 29.3 Å². The van der Waals surface area contributed by atoms with Gasteiger partial charge in [-0.25, -0.2) is 0 Å². The van der Waals surface area contributed by atoms with Gasteiger partial charge in [0, 0.05) is 17.8 Å². The van der Waals surface area contributed by atoms with Crippen molar-refractivity contribution in [2.24, 2.45) is 5.92 Å². The highest BCUT2D eigenvalue weighted by Gasteiger charge is 2.55. The summed E-state index contributed by atoms with van der Waals surface area (Å²) in [6.07, 6.45) is -0.359. The number of carbonyl (C=O) groups is 2. The number of likely N-dealkylation sites (tertiary alicyclic amines) is 1. The Morgan fingerprint density at radius 3 is 2.48 bits per heavy atom. The summed E-state index contributed by atoms with van der Waals surface area (Å²) in [4.78, 5) is 29.7. The Labute approximate surface area is 173 Å². The normalized spacial score (nSPS) is 21.0. The lowest BCUT2D eigenvalue weighted by Crippen LogP contribution is -2.62. The lowest BCUT2D eigenvalue weighted by atomic mass is 9.80. The molecule has 0 saturated carbocycles. The van der Waals surface area contributed by atoms with E-state index in [1.54, 1.807) is 0 Å². The molecule has 2 aromatic rings. The summed E-state index contributed by atoms with van der Waals surface area (Å²) >= 11 is 0. The molecule has 1 aromatic carbocycles. The molecule has 2 amide bonds. The van der Waals surface area contributed by atoms with E-state index in [1.165, 1.54) is 11.8 Å². The molecule has 7 heteroatoms. The first-order valence-electron chi connectivity index (χ1n) is 9.93. The average Bonchev–Trinajstić information content (AvgIpc) is 2.95. The van der Waals surface area contributed by atoms with E-state index in [1.807, 2.05) is 31.2 Å². The molecule has 0 radical (unpaired) electrons. The lowest BCUT2D eigenvalue weighted by Gasteiger charge is -2.49. The fourth-order valence-corrected chi connectivity index (χ4v) is 5.28. The van der Waals surface area contributed by atoms with Crippen LogP contribution in [-0.4, -0.2) is 36.1 Å². The van der Waals surface area contributed by atoms with Crippen molar-refractivity contribution in [1.29, 1.82) is 5.26 Å². The summed E-state index contributed by atoms with van der Waals surface area (Å²) in [7, 11) is -2.11. The van der Waals surface area contributed by atoms with Crippen LogP contribution in [0.4, 0.5) is 0 Å². The fourth-order valence-electron chi connectivity index (χ4n) is 3.85. The predicted molar refractivity (Wildman–Crippen MR) is 115 cm³/mol. The van der Waals surface area contributed by atoms with E-state index in [9.17, 15) is 14.9 Å². The maximum Gasteiger partial charge on any atom is 0.238 e. The van der Waals surface area contributed by atoms with Crippen LogP contribution in [0, 0.1) is 17.2 Å². The van der Waals surface area contributed by atoms with Gasteiger partial charge in [-0.05, 0) is 31.1 Å². The zero-order chi connectivity index (χ0) is 21.7. The minimum absolute atomic E-state index is 0.00272. The van der Waals surface area contributed by atoms with Gasteiger partial charge in [0.25, 0.3) is 0 Å². The molecule has 1 aliphatic rings. The smallest absolute Gasteiger partial charge is 0.238 e. The molecule has 3 atom stereocenters. The first-order chi connectivity index (χ1) is 13.4. The number of hydrogen-bond donors (Lipinski definition) is 1. The molecule has 6 nitrogen and oxygen atoms in total.